The van der Waals surface area contributed by atoms with Crippen LogP contribution < -0.4 is 0 Å². The van der Waals surface area contributed by atoms with E-state index < -0.39 is 60.0 Å². The molecule has 1 saturated heterocycles. The number of methoxy groups -OCH3 is 1. The van der Waals surface area contributed by atoms with Crippen molar-refractivity contribution >= 4 is 0 Å². The number of aliphatic hydroxyl groups excluding tert-OH is 5. The summed E-state index contributed by atoms with van der Waals surface area (Å²) in [5.74, 6) is 0.178. The lowest BCUT2D eigenvalue weighted by molar-refractivity contribution is -0.319. The second-order valence-corrected chi connectivity index (χ2v) is 13.6. The van der Waals surface area contributed by atoms with Crippen molar-refractivity contribution < 1.29 is 44.5 Å². The molecule has 5 unspecified atom stereocenters. The number of rotatable bonds is 9. The van der Waals surface area contributed by atoms with Crippen LogP contribution in [0.2, 0.25) is 0 Å². The molecule has 1 aliphatic heterocycles. The van der Waals surface area contributed by atoms with Crippen LogP contribution in [0, 0.1) is 29.1 Å². The molecule has 0 amide bonds. The van der Waals surface area contributed by atoms with Crippen LogP contribution in [0.4, 0.5) is 0 Å². The first-order valence-corrected chi connectivity index (χ1v) is 15.1. The Balaban J connectivity index is 1.74. The third-order valence-corrected chi connectivity index (χ3v) is 10.1. The van der Waals surface area contributed by atoms with Crippen LogP contribution >= 0.6 is 0 Å². The molecule has 0 radical (unpaired) electrons. The van der Waals surface area contributed by atoms with Crippen LogP contribution in [0.25, 0.3) is 0 Å². The zero-order chi connectivity index (χ0) is 30.4. The monoisotopic (exact) mass is 580 g/mol. The average Bonchev–Trinajstić information content (AvgIpc) is 3.42. The van der Waals surface area contributed by atoms with Gasteiger partial charge >= 0.3 is 0 Å². The first kappa shape index (κ1) is 32.8. The lowest BCUT2D eigenvalue weighted by atomic mass is 9.68. The van der Waals surface area contributed by atoms with Gasteiger partial charge in [-0.3, -0.25) is 0 Å². The minimum Gasteiger partial charge on any atom is -0.392 e. The van der Waals surface area contributed by atoms with Gasteiger partial charge in [-0.1, -0.05) is 44.1 Å². The molecule has 0 aromatic heterocycles. The Morgan fingerprint density at radius 2 is 1.76 bits per heavy atom. The predicted octanol–water partition coefficient (Wildman–Crippen LogP) is 2.49. The fourth-order valence-electron chi connectivity index (χ4n) is 7.30. The molecule has 9 heteroatoms. The zero-order valence-electron chi connectivity index (χ0n) is 25.7. The predicted molar refractivity (Wildman–Crippen MR) is 154 cm³/mol. The Hall–Kier alpha value is -1.14. The van der Waals surface area contributed by atoms with Gasteiger partial charge in [0.05, 0.1) is 31.0 Å². The van der Waals surface area contributed by atoms with Gasteiger partial charge in [0, 0.05) is 18.4 Å². The fourth-order valence-corrected chi connectivity index (χ4v) is 7.30. The van der Waals surface area contributed by atoms with Crippen molar-refractivity contribution in [3.63, 3.8) is 0 Å². The first-order chi connectivity index (χ1) is 19.2. The maximum absolute atomic E-state index is 12.0. The van der Waals surface area contributed by atoms with Crippen molar-refractivity contribution in [2.45, 2.75) is 115 Å². The summed E-state index contributed by atoms with van der Waals surface area (Å²) in [6.45, 7) is 16.0. The van der Waals surface area contributed by atoms with Crippen molar-refractivity contribution in [2.75, 3.05) is 20.3 Å². The molecule has 234 valence electrons. The molecule has 1 saturated carbocycles. The second kappa shape index (κ2) is 12.5. The average molecular weight is 581 g/mol. The maximum atomic E-state index is 12.0. The van der Waals surface area contributed by atoms with Gasteiger partial charge in [0.15, 0.2) is 6.29 Å². The van der Waals surface area contributed by atoms with E-state index in [1.165, 1.54) is 5.57 Å². The van der Waals surface area contributed by atoms with Gasteiger partial charge in [-0.05, 0) is 63.4 Å². The highest BCUT2D eigenvalue weighted by Gasteiger charge is 2.55. The fraction of sp³-hybridized carbons (Fsp3) is 0.812. The molecule has 41 heavy (non-hydrogen) atoms. The van der Waals surface area contributed by atoms with Gasteiger partial charge in [-0.15, -0.1) is 6.58 Å². The van der Waals surface area contributed by atoms with Gasteiger partial charge in [0.25, 0.3) is 0 Å². The van der Waals surface area contributed by atoms with Gasteiger partial charge < -0.3 is 44.5 Å². The second-order valence-electron chi connectivity index (χ2n) is 13.6. The van der Waals surface area contributed by atoms with E-state index in [4.69, 9.17) is 18.9 Å². The van der Waals surface area contributed by atoms with Gasteiger partial charge in [-0.25, -0.2) is 0 Å². The minimum absolute atomic E-state index is 0.0706. The standard InChI is InChI=1S/C32H52O9/c1-9-31(5,6)39-15-22-26(35)27(36)28(37)30(40-22)41-29-24-20(16(2)3)12-23(33)32(24,7)13-21-18(14-38-8)10-11-19(21)17(4)25(29)34/h9,13,16-19,22-23,25-30,33-37H,1,10-12,14-15H2,2-8H3/b21-13-/t17-,18-,19+,22?,23+,25-,26?,27?,28?,29-,30?,32+/m1/s1. The van der Waals surface area contributed by atoms with Crippen LogP contribution in [0.1, 0.15) is 60.8 Å². The van der Waals surface area contributed by atoms with E-state index in [1.807, 2.05) is 27.7 Å². The van der Waals surface area contributed by atoms with E-state index >= 15 is 0 Å². The Morgan fingerprint density at radius 3 is 2.37 bits per heavy atom. The van der Waals surface area contributed by atoms with E-state index in [1.54, 1.807) is 13.2 Å². The SMILES string of the molecule is C=CC(C)(C)OCC1OC(O[C@@H]2C3=C(C(C)C)C[C@H](O)[C@]3(C)/C=C3/[C@@H](COC)CC[C@H]3[C@@H](C)[C@H]2O)C(O)C(O)C1O. The summed E-state index contributed by atoms with van der Waals surface area (Å²) in [6, 6.07) is 0. The number of hydrogen-bond donors (Lipinski definition) is 5. The molecule has 3 aliphatic carbocycles. The molecule has 0 aromatic rings. The summed E-state index contributed by atoms with van der Waals surface area (Å²) >= 11 is 0. The summed E-state index contributed by atoms with van der Waals surface area (Å²) < 4.78 is 24.0. The van der Waals surface area contributed by atoms with Crippen molar-refractivity contribution in [1.82, 2.24) is 0 Å². The molecule has 0 spiro atoms. The Labute approximate surface area is 244 Å². The topological polar surface area (TPSA) is 138 Å². The Kier molecular flexibility index (Phi) is 9.96. The third-order valence-electron chi connectivity index (χ3n) is 10.1. The third kappa shape index (κ3) is 6.12. The first-order valence-electron chi connectivity index (χ1n) is 15.1. The summed E-state index contributed by atoms with van der Waals surface area (Å²) in [5, 5.41) is 56.0. The van der Waals surface area contributed by atoms with Crippen molar-refractivity contribution in [3.8, 4) is 0 Å². The van der Waals surface area contributed by atoms with Crippen LogP contribution in [-0.2, 0) is 18.9 Å². The lowest BCUT2D eigenvalue weighted by Crippen LogP contribution is -2.61. The highest BCUT2D eigenvalue weighted by atomic mass is 16.7. The molecule has 1 heterocycles. The van der Waals surface area contributed by atoms with Gasteiger partial charge in [0.2, 0.25) is 0 Å². The van der Waals surface area contributed by atoms with E-state index in [2.05, 4.69) is 26.5 Å². The van der Waals surface area contributed by atoms with E-state index in [0.717, 1.165) is 24.0 Å². The largest absolute Gasteiger partial charge is 0.392 e. The summed E-state index contributed by atoms with van der Waals surface area (Å²) in [6.07, 6.45) is -3.38. The summed E-state index contributed by atoms with van der Waals surface area (Å²) in [5.41, 5.74) is 1.51. The van der Waals surface area contributed by atoms with Crippen LogP contribution in [-0.4, -0.2) is 100 Å². The van der Waals surface area contributed by atoms with Crippen molar-refractivity contribution in [2.24, 2.45) is 29.1 Å². The Morgan fingerprint density at radius 1 is 1.07 bits per heavy atom. The van der Waals surface area contributed by atoms with E-state index in [9.17, 15) is 25.5 Å². The zero-order valence-corrected chi connectivity index (χ0v) is 25.7. The molecule has 0 bridgehead atoms. The number of hydrogen-bond acceptors (Lipinski definition) is 9. The Bertz CT molecular complexity index is 1010. The highest BCUT2D eigenvalue weighted by molar-refractivity contribution is 5.43. The highest BCUT2D eigenvalue weighted by Crippen LogP contribution is 2.55. The lowest BCUT2D eigenvalue weighted by Gasteiger charge is -2.46. The molecule has 2 fully saturated rings. The van der Waals surface area contributed by atoms with Crippen LogP contribution in [0.15, 0.2) is 35.5 Å². The molecule has 9 nitrogen and oxygen atoms in total. The van der Waals surface area contributed by atoms with E-state index in [-0.39, 0.29) is 30.3 Å². The molecule has 12 atom stereocenters. The van der Waals surface area contributed by atoms with Gasteiger partial charge in [-0.2, -0.15) is 0 Å². The van der Waals surface area contributed by atoms with Crippen molar-refractivity contribution in [1.29, 1.82) is 0 Å². The summed E-state index contributed by atoms with van der Waals surface area (Å²) in [7, 11) is 1.70. The van der Waals surface area contributed by atoms with Crippen LogP contribution in [0.3, 0.4) is 0 Å². The minimum atomic E-state index is -1.56. The molecule has 4 rings (SSSR count). The number of ether oxygens (including phenoxy) is 4. The molecular weight excluding hydrogens is 528 g/mol. The van der Waals surface area contributed by atoms with Crippen molar-refractivity contribution in [3.05, 3.63) is 35.5 Å². The van der Waals surface area contributed by atoms with Crippen LogP contribution in [0.5, 0.6) is 0 Å². The molecule has 0 aromatic carbocycles. The molecule has 4 aliphatic rings. The normalized spacial score (nSPS) is 44.7. The summed E-state index contributed by atoms with van der Waals surface area (Å²) in [4.78, 5) is 0. The molecule has 5 N–H and O–H groups in total. The quantitative estimate of drug-likeness (QED) is 0.261. The van der Waals surface area contributed by atoms with Gasteiger partial charge in [0.1, 0.15) is 30.5 Å². The number of aliphatic hydroxyl groups is 5. The van der Waals surface area contributed by atoms with E-state index in [0.29, 0.717) is 13.0 Å². The molecular formula is C32H52O9. The maximum Gasteiger partial charge on any atom is 0.187 e. The number of fused-ring (bicyclic) bond motifs is 2. The smallest absolute Gasteiger partial charge is 0.187 e.